The van der Waals surface area contributed by atoms with Gasteiger partial charge in [0.05, 0.1) is 6.10 Å². The molecule has 3 aromatic rings. The fraction of sp³-hybridized carbons (Fsp3) is 0.176. The summed E-state index contributed by atoms with van der Waals surface area (Å²) in [5.41, 5.74) is 4.33. The minimum Gasteiger partial charge on any atom is -0.389 e. The average molecular weight is 266 g/mol. The van der Waals surface area contributed by atoms with Gasteiger partial charge in [-0.1, -0.05) is 24.3 Å². The van der Waals surface area contributed by atoms with Crippen molar-refractivity contribution in [2.75, 3.05) is 5.32 Å². The molecule has 0 aliphatic rings. The average Bonchev–Trinajstić information content (AvgIpc) is 2.93. The summed E-state index contributed by atoms with van der Waals surface area (Å²) in [5.74, 6) is 0. The molecule has 0 amide bonds. The first-order valence-electron chi connectivity index (χ1n) is 6.80. The quantitative estimate of drug-likeness (QED) is 0.672. The van der Waals surface area contributed by atoms with Crippen LogP contribution in [0.25, 0.3) is 10.9 Å². The molecule has 3 heteroatoms. The van der Waals surface area contributed by atoms with Crippen molar-refractivity contribution < 1.29 is 5.11 Å². The van der Waals surface area contributed by atoms with Crippen LogP contribution >= 0.6 is 0 Å². The fourth-order valence-electron chi connectivity index (χ4n) is 2.32. The van der Waals surface area contributed by atoms with Crippen LogP contribution in [0.4, 0.5) is 5.69 Å². The maximum absolute atomic E-state index is 9.60. The number of aliphatic hydroxyl groups excluding tert-OH is 1. The number of hydrogen-bond donors (Lipinski definition) is 3. The van der Waals surface area contributed by atoms with Gasteiger partial charge in [0.25, 0.3) is 0 Å². The fourth-order valence-corrected chi connectivity index (χ4v) is 2.32. The van der Waals surface area contributed by atoms with Crippen molar-refractivity contribution in [2.24, 2.45) is 0 Å². The highest BCUT2D eigenvalue weighted by Gasteiger charge is 2.02. The zero-order chi connectivity index (χ0) is 13.9. The van der Waals surface area contributed by atoms with Crippen molar-refractivity contribution in [1.82, 2.24) is 4.98 Å². The molecule has 0 radical (unpaired) electrons. The summed E-state index contributed by atoms with van der Waals surface area (Å²) in [5, 5.41) is 14.2. The van der Waals surface area contributed by atoms with Crippen LogP contribution in [-0.4, -0.2) is 10.1 Å². The van der Waals surface area contributed by atoms with Crippen molar-refractivity contribution in [3.8, 4) is 0 Å². The van der Waals surface area contributed by atoms with E-state index in [0.29, 0.717) is 0 Å². The summed E-state index contributed by atoms with van der Waals surface area (Å²) in [6, 6.07) is 16.4. The van der Waals surface area contributed by atoms with Crippen LogP contribution in [0.3, 0.4) is 0 Å². The maximum Gasteiger partial charge on any atom is 0.0762 e. The summed E-state index contributed by atoms with van der Waals surface area (Å²) in [6.07, 6.45) is 1.51. The predicted molar refractivity (Wildman–Crippen MR) is 82.7 cm³/mol. The first-order chi connectivity index (χ1) is 9.72. The summed E-state index contributed by atoms with van der Waals surface area (Å²) in [6.45, 7) is 2.54. The van der Waals surface area contributed by atoms with Crippen LogP contribution in [-0.2, 0) is 6.54 Å². The van der Waals surface area contributed by atoms with Crippen LogP contribution in [0.5, 0.6) is 0 Å². The Morgan fingerprint density at radius 3 is 2.90 bits per heavy atom. The second-order valence-electron chi connectivity index (χ2n) is 5.05. The molecule has 3 N–H and O–H groups in total. The van der Waals surface area contributed by atoms with Crippen LogP contribution < -0.4 is 5.32 Å². The largest absolute Gasteiger partial charge is 0.389 e. The van der Waals surface area contributed by atoms with Gasteiger partial charge in [0, 0.05) is 23.9 Å². The Morgan fingerprint density at radius 2 is 2.05 bits per heavy atom. The molecule has 1 heterocycles. The molecule has 1 atom stereocenters. The van der Waals surface area contributed by atoms with E-state index in [1.165, 1.54) is 10.9 Å². The smallest absolute Gasteiger partial charge is 0.0762 e. The zero-order valence-corrected chi connectivity index (χ0v) is 11.4. The molecule has 0 bridgehead atoms. The van der Waals surface area contributed by atoms with Gasteiger partial charge >= 0.3 is 0 Å². The van der Waals surface area contributed by atoms with Crippen LogP contribution in [0.2, 0.25) is 0 Å². The van der Waals surface area contributed by atoms with E-state index in [1.807, 2.05) is 30.5 Å². The number of benzene rings is 2. The van der Waals surface area contributed by atoms with Crippen molar-refractivity contribution in [3.05, 3.63) is 65.9 Å². The number of nitrogens with one attached hydrogen (secondary N) is 2. The Bertz CT molecular complexity index is 716. The number of rotatable bonds is 4. The second kappa shape index (κ2) is 5.39. The van der Waals surface area contributed by atoms with Crippen molar-refractivity contribution >= 4 is 16.6 Å². The van der Waals surface area contributed by atoms with Gasteiger partial charge in [0.15, 0.2) is 0 Å². The minimum atomic E-state index is -0.438. The molecule has 3 nitrogen and oxygen atoms in total. The summed E-state index contributed by atoms with van der Waals surface area (Å²) < 4.78 is 0. The first-order valence-corrected chi connectivity index (χ1v) is 6.80. The molecule has 2 aromatic carbocycles. The highest BCUT2D eigenvalue weighted by Crippen LogP contribution is 2.19. The molecule has 3 rings (SSSR count). The molecule has 0 fully saturated rings. The van der Waals surface area contributed by atoms with Crippen LogP contribution in [0.15, 0.2) is 54.7 Å². The van der Waals surface area contributed by atoms with E-state index in [-0.39, 0.29) is 0 Å². The highest BCUT2D eigenvalue weighted by molar-refractivity contribution is 5.79. The third kappa shape index (κ3) is 2.68. The topological polar surface area (TPSA) is 48.0 Å². The molecule has 20 heavy (non-hydrogen) atoms. The number of anilines is 1. The number of fused-ring (bicyclic) bond motifs is 1. The Balaban J connectivity index is 1.73. The Hall–Kier alpha value is -2.26. The van der Waals surface area contributed by atoms with E-state index in [9.17, 15) is 5.11 Å². The second-order valence-corrected chi connectivity index (χ2v) is 5.05. The normalized spacial score (nSPS) is 12.5. The summed E-state index contributed by atoms with van der Waals surface area (Å²) in [4.78, 5) is 3.22. The van der Waals surface area contributed by atoms with Crippen molar-refractivity contribution in [3.63, 3.8) is 0 Å². The molecule has 0 aliphatic heterocycles. The van der Waals surface area contributed by atoms with Crippen molar-refractivity contribution in [1.29, 1.82) is 0 Å². The minimum absolute atomic E-state index is 0.438. The molecule has 0 saturated heterocycles. The first kappa shape index (κ1) is 12.8. The molecule has 0 aliphatic carbocycles. The van der Waals surface area contributed by atoms with Gasteiger partial charge in [0.2, 0.25) is 0 Å². The van der Waals surface area contributed by atoms with Gasteiger partial charge in [-0.25, -0.2) is 0 Å². The van der Waals surface area contributed by atoms with E-state index in [0.717, 1.165) is 23.3 Å². The van der Waals surface area contributed by atoms with Gasteiger partial charge in [0.1, 0.15) is 0 Å². The van der Waals surface area contributed by atoms with Crippen LogP contribution in [0, 0.1) is 0 Å². The van der Waals surface area contributed by atoms with E-state index < -0.39 is 6.10 Å². The molecule has 0 saturated carbocycles. The Kier molecular flexibility index (Phi) is 3.44. The van der Waals surface area contributed by atoms with E-state index in [2.05, 4.69) is 34.6 Å². The monoisotopic (exact) mass is 266 g/mol. The highest BCUT2D eigenvalue weighted by atomic mass is 16.3. The van der Waals surface area contributed by atoms with Crippen LogP contribution in [0.1, 0.15) is 24.2 Å². The Labute approximate surface area is 118 Å². The molecule has 1 aromatic heterocycles. The number of H-pyrrole nitrogens is 1. The summed E-state index contributed by atoms with van der Waals surface area (Å²) >= 11 is 0. The maximum atomic E-state index is 9.60. The lowest BCUT2D eigenvalue weighted by molar-refractivity contribution is 0.199. The molecule has 0 spiro atoms. The number of hydrogen-bond acceptors (Lipinski definition) is 2. The Morgan fingerprint density at radius 1 is 1.15 bits per heavy atom. The standard InChI is InChI=1S/C17H18N2O/c1-12(20)15-3-2-4-16(10-15)19-11-13-5-6-14-7-8-18-17(14)9-13/h2-10,12,18-20H,11H2,1H3/t12-/m1/s1. The number of aliphatic hydroxyl groups is 1. The van der Waals surface area contributed by atoms with Gasteiger partial charge in [-0.3, -0.25) is 0 Å². The third-order valence-electron chi connectivity index (χ3n) is 3.49. The number of aromatic amines is 1. The van der Waals surface area contributed by atoms with Gasteiger partial charge in [-0.15, -0.1) is 0 Å². The number of aromatic nitrogens is 1. The summed E-state index contributed by atoms with van der Waals surface area (Å²) in [7, 11) is 0. The van der Waals surface area contributed by atoms with Crippen molar-refractivity contribution in [2.45, 2.75) is 19.6 Å². The predicted octanol–water partition coefficient (Wildman–Crippen LogP) is 3.83. The van der Waals surface area contributed by atoms with Gasteiger partial charge < -0.3 is 15.4 Å². The third-order valence-corrected chi connectivity index (χ3v) is 3.49. The van der Waals surface area contributed by atoms with Gasteiger partial charge in [-0.2, -0.15) is 0 Å². The SMILES string of the molecule is C[C@@H](O)c1cccc(NCc2ccc3cc[nH]c3c2)c1. The van der Waals surface area contributed by atoms with E-state index >= 15 is 0 Å². The lowest BCUT2D eigenvalue weighted by atomic mass is 10.1. The molecular formula is C17H18N2O. The van der Waals surface area contributed by atoms with Gasteiger partial charge in [-0.05, 0) is 47.7 Å². The lowest BCUT2D eigenvalue weighted by Gasteiger charge is -2.10. The lowest BCUT2D eigenvalue weighted by Crippen LogP contribution is -2.00. The zero-order valence-electron chi connectivity index (χ0n) is 11.4. The molecular weight excluding hydrogens is 248 g/mol. The van der Waals surface area contributed by atoms with E-state index in [1.54, 1.807) is 6.92 Å². The molecule has 0 unspecified atom stereocenters. The molecule has 102 valence electrons. The van der Waals surface area contributed by atoms with E-state index in [4.69, 9.17) is 0 Å².